The molecule has 4 unspecified atom stereocenters. The molecule has 2 aromatic heterocycles. The summed E-state index contributed by atoms with van der Waals surface area (Å²) < 4.78 is 5.44. The Morgan fingerprint density at radius 1 is 1.18 bits per heavy atom. The van der Waals surface area contributed by atoms with Crippen molar-refractivity contribution < 1.29 is 14.6 Å². The van der Waals surface area contributed by atoms with Crippen molar-refractivity contribution in [1.82, 2.24) is 20.3 Å². The Kier molecular flexibility index (Phi) is 5.13. The number of amides is 1. The number of rotatable bonds is 5. The summed E-state index contributed by atoms with van der Waals surface area (Å²) in [5.41, 5.74) is 3.78. The van der Waals surface area contributed by atoms with Gasteiger partial charge in [0.1, 0.15) is 17.0 Å². The number of allylic oxidation sites excluding steroid dienone is 1. The van der Waals surface area contributed by atoms with Gasteiger partial charge in [0.2, 0.25) is 5.91 Å². The number of hydrogen-bond donors (Lipinski definition) is 4. The lowest BCUT2D eigenvalue weighted by atomic mass is 9.88. The Bertz CT molecular complexity index is 1250. The zero-order chi connectivity index (χ0) is 23.2. The monoisotopic (exact) mass is 460 g/mol. The molecule has 2 fully saturated rings. The van der Waals surface area contributed by atoms with E-state index < -0.39 is 0 Å². The number of imidazole rings is 1. The fourth-order valence-corrected chi connectivity index (χ4v) is 5.59. The van der Waals surface area contributed by atoms with Crippen LogP contribution < -0.4 is 15.5 Å². The first kappa shape index (κ1) is 21.0. The SMILES string of the molecule is CNC(=O)C1C2C=CC(C2)C1Nc1c(O)cnc2nc(-c3ccc(N4CCOCC4)cc3)[nH]c12. The molecule has 3 aliphatic rings. The highest BCUT2D eigenvalue weighted by Crippen LogP contribution is 2.46. The van der Waals surface area contributed by atoms with Crippen LogP contribution in [0.25, 0.3) is 22.6 Å². The number of anilines is 2. The number of morpholine rings is 1. The number of benzene rings is 1. The highest BCUT2D eigenvalue weighted by atomic mass is 16.5. The van der Waals surface area contributed by atoms with E-state index in [2.05, 4.69) is 54.8 Å². The first-order chi connectivity index (χ1) is 16.6. The van der Waals surface area contributed by atoms with Crippen LogP contribution in [0.5, 0.6) is 5.75 Å². The van der Waals surface area contributed by atoms with E-state index in [1.807, 2.05) is 12.1 Å². The maximum atomic E-state index is 12.6. The number of nitrogens with zero attached hydrogens (tertiary/aromatic N) is 3. The van der Waals surface area contributed by atoms with Crippen molar-refractivity contribution in [2.45, 2.75) is 12.5 Å². The predicted molar refractivity (Wildman–Crippen MR) is 130 cm³/mol. The smallest absolute Gasteiger partial charge is 0.225 e. The van der Waals surface area contributed by atoms with E-state index in [1.54, 1.807) is 7.05 Å². The van der Waals surface area contributed by atoms with Crippen LogP contribution in [-0.2, 0) is 9.53 Å². The van der Waals surface area contributed by atoms with E-state index in [0.717, 1.165) is 44.0 Å². The molecule has 6 rings (SSSR count). The van der Waals surface area contributed by atoms with Crippen LogP contribution in [-0.4, -0.2) is 65.4 Å². The molecule has 9 nitrogen and oxygen atoms in total. The van der Waals surface area contributed by atoms with Crippen LogP contribution in [0, 0.1) is 17.8 Å². The summed E-state index contributed by atoms with van der Waals surface area (Å²) >= 11 is 0. The van der Waals surface area contributed by atoms with Gasteiger partial charge in [-0.3, -0.25) is 4.79 Å². The molecule has 0 spiro atoms. The normalized spacial score (nSPS) is 25.7. The number of nitrogens with one attached hydrogen (secondary N) is 3. The molecule has 1 saturated carbocycles. The van der Waals surface area contributed by atoms with Crippen LogP contribution in [0.15, 0.2) is 42.6 Å². The summed E-state index contributed by atoms with van der Waals surface area (Å²) in [6.45, 7) is 3.26. The van der Waals surface area contributed by atoms with Crippen LogP contribution >= 0.6 is 0 Å². The molecular formula is C25H28N6O3. The number of pyridine rings is 1. The number of carbonyl (C=O) groups is 1. The first-order valence-electron chi connectivity index (χ1n) is 11.8. The molecule has 3 heterocycles. The fraction of sp³-hybridized carbons (Fsp3) is 0.400. The van der Waals surface area contributed by atoms with Crippen molar-refractivity contribution in [2.75, 3.05) is 43.6 Å². The Morgan fingerprint density at radius 3 is 2.71 bits per heavy atom. The third-order valence-corrected chi connectivity index (χ3v) is 7.34. The van der Waals surface area contributed by atoms with Gasteiger partial charge in [0, 0.05) is 37.4 Å². The number of carbonyl (C=O) groups excluding carboxylic acids is 1. The van der Waals surface area contributed by atoms with Gasteiger partial charge in [0.25, 0.3) is 0 Å². The molecule has 1 aliphatic heterocycles. The van der Waals surface area contributed by atoms with E-state index in [9.17, 15) is 9.90 Å². The maximum absolute atomic E-state index is 12.6. The van der Waals surface area contributed by atoms with Crippen molar-refractivity contribution in [3.8, 4) is 17.1 Å². The molecular weight excluding hydrogens is 432 g/mol. The lowest BCUT2D eigenvalue weighted by molar-refractivity contribution is -0.125. The molecule has 1 amide bonds. The largest absolute Gasteiger partial charge is 0.504 e. The summed E-state index contributed by atoms with van der Waals surface area (Å²) in [5, 5.41) is 16.9. The molecule has 2 bridgehead atoms. The van der Waals surface area contributed by atoms with Gasteiger partial charge >= 0.3 is 0 Å². The molecule has 176 valence electrons. The van der Waals surface area contributed by atoms with Gasteiger partial charge in [-0.1, -0.05) is 12.2 Å². The Morgan fingerprint density at radius 2 is 1.94 bits per heavy atom. The van der Waals surface area contributed by atoms with Gasteiger partial charge in [-0.05, 0) is 42.5 Å². The Balaban J connectivity index is 1.31. The van der Waals surface area contributed by atoms with E-state index in [4.69, 9.17) is 4.74 Å². The molecule has 2 aliphatic carbocycles. The van der Waals surface area contributed by atoms with Gasteiger partial charge in [-0.25, -0.2) is 9.97 Å². The number of ether oxygens (including phenoxy) is 1. The molecule has 34 heavy (non-hydrogen) atoms. The summed E-state index contributed by atoms with van der Waals surface area (Å²) in [6.07, 6.45) is 6.66. The molecule has 1 aromatic carbocycles. The molecule has 4 N–H and O–H groups in total. The highest BCUT2D eigenvalue weighted by molar-refractivity contribution is 5.92. The van der Waals surface area contributed by atoms with Crippen molar-refractivity contribution in [1.29, 1.82) is 0 Å². The fourth-order valence-electron chi connectivity index (χ4n) is 5.59. The van der Waals surface area contributed by atoms with E-state index >= 15 is 0 Å². The average molecular weight is 461 g/mol. The Labute approximate surface area is 197 Å². The van der Waals surface area contributed by atoms with Crippen molar-refractivity contribution in [3.63, 3.8) is 0 Å². The van der Waals surface area contributed by atoms with Gasteiger partial charge in [0.05, 0.1) is 25.3 Å². The lowest BCUT2D eigenvalue weighted by Crippen LogP contribution is -2.42. The summed E-state index contributed by atoms with van der Waals surface area (Å²) in [4.78, 5) is 27.2. The van der Waals surface area contributed by atoms with Crippen LogP contribution in [0.2, 0.25) is 0 Å². The lowest BCUT2D eigenvalue weighted by Gasteiger charge is -2.28. The number of aromatic amines is 1. The maximum Gasteiger partial charge on any atom is 0.225 e. The molecule has 9 heteroatoms. The van der Waals surface area contributed by atoms with Crippen LogP contribution in [0.1, 0.15) is 6.42 Å². The number of hydrogen-bond acceptors (Lipinski definition) is 7. The Hall–Kier alpha value is -3.59. The minimum absolute atomic E-state index is 0.0183. The second kappa shape index (κ2) is 8.32. The van der Waals surface area contributed by atoms with Crippen molar-refractivity contribution in [3.05, 3.63) is 42.6 Å². The van der Waals surface area contributed by atoms with Gasteiger partial charge < -0.3 is 30.4 Å². The van der Waals surface area contributed by atoms with Crippen LogP contribution in [0.4, 0.5) is 11.4 Å². The van der Waals surface area contributed by atoms with E-state index in [0.29, 0.717) is 22.7 Å². The molecule has 3 aromatic rings. The minimum atomic E-state index is -0.183. The first-order valence-corrected chi connectivity index (χ1v) is 11.8. The molecule has 4 atom stereocenters. The summed E-state index contributed by atoms with van der Waals surface area (Å²) in [5.74, 6) is 1.00. The number of aromatic nitrogens is 3. The number of fused-ring (bicyclic) bond motifs is 3. The second-order valence-electron chi connectivity index (χ2n) is 9.21. The standard InChI is InChI=1S/C25H28N6O3/c1-26-25(33)19-15-2-3-16(12-15)20(19)28-21-18(32)13-27-24-22(21)29-23(30-24)14-4-6-17(7-5-14)31-8-10-34-11-9-31/h2-7,13,15-16,19-20,32H,8-12H2,1H3,(H,26,33)(H2,27,28,29,30). The van der Waals surface area contributed by atoms with Crippen molar-refractivity contribution >= 4 is 28.4 Å². The van der Waals surface area contributed by atoms with Crippen molar-refractivity contribution in [2.24, 2.45) is 17.8 Å². The average Bonchev–Trinajstić information content (AvgIpc) is 3.61. The third-order valence-electron chi connectivity index (χ3n) is 7.34. The summed E-state index contributed by atoms with van der Waals surface area (Å²) in [7, 11) is 1.67. The quantitative estimate of drug-likeness (QED) is 0.433. The third kappa shape index (κ3) is 3.47. The summed E-state index contributed by atoms with van der Waals surface area (Å²) in [6, 6.07) is 8.15. The zero-order valence-corrected chi connectivity index (χ0v) is 19.0. The molecule has 0 radical (unpaired) electrons. The predicted octanol–water partition coefficient (Wildman–Crippen LogP) is 2.52. The van der Waals surface area contributed by atoms with Gasteiger partial charge in [-0.15, -0.1) is 0 Å². The van der Waals surface area contributed by atoms with E-state index in [1.165, 1.54) is 6.20 Å². The van der Waals surface area contributed by atoms with Crippen LogP contribution in [0.3, 0.4) is 0 Å². The second-order valence-corrected chi connectivity index (χ2v) is 9.21. The van der Waals surface area contributed by atoms with Gasteiger partial charge in [0.15, 0.2) is 11.4 Å². The van der Waals surface area contributed by atoms with E-state index in [-0.39, 0.29) is 35.5 Å². The zero-order valence-electron chi connectivity index (χ0n) is 19.0. The number of aromatic hydroxyl groups is 1. The van der Waals surface area contributed by atoms with Gasteiger partial charge in [-0.2, -0.15) is 0 Å². The number of H-pyrrole nitrogens is 1. The minimum Gasteiger partial charge on any atom is -0.504 e. The highest BCUT2D eigenvalue weighted by Gasteiger charge is 2.48. The molecule has 1 saturated heterocycles. The topological polar surface area (TPSA) is 115 Å².